The average Bonchev–Trinajstić information content (AvgIpc) is 3.59. The number of fused-ring (bicyclic) bond motifs is 3. The van der Waals surface area contributed by atoms with Crippen molar-refractivity contribution in [2.24, 2.45) is 0 Å². The number of aryl methyl sites for hydroxylation is 3. The van der Waals surface area contributed by atoms with E-state index >= 15 is 0 Å². The van der Waals surface area contributed by atoms with Gasteiger partial charge in [0.1, 0.15) is 0 Å². The zero-order valence-electron chi connectivity index (χ0n) is 29.3. The zero-order chi connectivity index (χ0) is 31.6. The first-order chi connectivity index (χ1) is 20.7. The van der Waals surface area contributed by atoms with Crippen LogP contribution in [0, 0.1) is 27.7 Å². The van der Waals surface area contributed by atoms with Gasteiger partial charge < -0.3 is 24.8 Å². The molecule has 2 aliphatic rings. The third-order valence-corrected chi connectivity index (χ3v) is 17.7. The molecule has 0 unspecified atom stereocenters. The minimum Gasteiger partial charge on any atom is -1.00 e. The van der Waals surface area contributed by atoms with Gasteiger partial charge in [-0.25, -0.2) is 0 Å². The van der Waals surface area contributed by atoms with Gasteiger partial charge in [0.25, 0.3) is 0 Å². The summed E-state index contributed by atoms with van der Waals surface area (Å²) in [4.78, 5) is 0. The van der Waals surface area contributed by atoms with E-state index in [1.807, 2.05) is 0 Å². The molecule has 0 spiro atoms. The summed E-state index contributed by atoms with van der Waals surface area (Å²) >= 11 is -2.76. The Balaban J connectivity index is 0.00000240. The third-order valence-electron chi connectivity index (χ3n) is 9.69. The van der Waals surface area contributed by atoms with E-state index in [2.05, 4.69) is 154 Å². The predicted molar refractivity (Wildman–Crippen MR) is 189 cm³/mol. The Morgan fingerprint density at radius 3 is 1.65 bits per heavy atom. The summed E-state index contributed by atoms with van der Waals surface area (Å²) in [6, 6.07) is 26.4. The second kappa shape index (κ2) is 13.7. The molecule has 0 heterocycles. The Labute approximate surface area is 298 Å². The maximum absolute atomic E-state index is 2.76. The molecular formula is C43H48Cl2Zr. The van der Waals surface area contributed by atoms with Crippen molar-refractivity contribution in [3.8, 4) is 11.1 Å². The number of rotatable bonds is 4. The van der Waals surface area contributed by atoms with Gasteiger partial charge in [-0.2, -0.15) is 0 Å². The van der Waals surface area contributed by atoms with Gasteiger partial charge in [-0.3, -0.25) is 0 Å². The molecule has 0 saturated carbocycles. The Hall–Kier alpha value is -2.31. The van der Waals surface area contributed by atoms with Crippen molar-refractivity contribution < 1.29 is 46.1 Å². The molecule has 0 bridgehead atoms. The van der Waals surface area contributed by atoms with Crippen molar-refractivity contribution in [3.63, 3.8) is 0 Å². The summed E-state index contributed by atoms with van der Waals surface area (Å²) < 4.78 is 5.01. The topological polar surface area (TPSA) is 0 Å². The SMILES string of the molecule is Cc1ccc([C](c2ccc(C)cc2)=[Zr+2]([C]2=CC=CC2)[c]2c(C)c(C(C)(C)C)cc3c2Cc2cc(C)c(C(C)(C)C)cc2-3)cc1.[Cl-].[Cl-]. The van der Waals surface area contributed by atoms with Crippen LogP contribution in [0.3, 0.4) is 0 Å². The zero-order valence-corrected chi connectivity index (χ0v) is 33.2. The fourth-order valence-electron chi connectivity index (χ4n) is 7.51. The molecule has 0 N–H and O–H groups in total. The maximum atomic E-state index is 2.58. The monoisotopic (exact) mass is 724 g/mol. The Morgan fingerprint density at radius 1 is 0.652 bits per heavy atom. The van der Waals surface area contributed by atoms with E-state index in [0.29, 0.717) is 0 Å². The van der Waals surface area contributed by atoms with Gasteiger partial charge in [0, 0.05) is 0 Å². The van der Waals surface area contributed by atoms with Crippen molar-refractivity contribution in [3.05, 3.63) is 144 Å². The fourth-order valence-corrected chi connectivity index (χ4v) is 15.9. The first-order valence-electron chi connectivity index (χ1n) is 16.3. The van der Waals surface area contributed by atoms with Gasteiger partial charge in [-0.1, -0.05) is 0 Å². The van der Waals surface area contributed by atoms with Crippen LogP contribution in [0.25, 0.3) is 11.1 Å². The standard InChI is InChI=1S/C23H29.C15H14.C5H5.2ClH.Zr/c1-14-9-16-11-17-10-15(2)21(23(6,7)8)13-19(17)18(16)12-20(14)22(3,4)5;1-12-3-7-14(8-4-12)11-15-9-5-13(2)6-10-15;1-2-4-5-3-1;;;/h9,12-13H,11H2,1-8H3;3-10H,1-2H3;1-3H,4H2;2*1H;/q;;;;;+2/p-2. The molecule has 0 aliphatic heterocycles. The van der Waals surface area contributed by atoms with Crippen LogP contribution in [0.1, 0.15) is 104 Å². The molecular weight excluding hydrogens is 679 g/mol. The van der Waals surface area contributed by atoms with Crippen molar-refractivity contribution in [2.45, 2.75) is 92.9 Å². The predicted octanol–water partition coefficient (Wildman–Crippen LogP) is 4.45. The molecule has 3 heteroatoms. The third kappa shape index (κ3) is 6.81. The molecule has 4 aromatic carbocycles. The Bertz CT molecular complexity index is 1820. The molecule has 6 rings (SSSR count). The molecule has 0 saturated heterocycles. The number of allylic oxidation sites excluding steroid dienone is 4. The van der Waals surface area contributed by atoms with E-state index in [1.54, 1.807) is 15.3 Å². The first-order valence-corrected chi connectivity index (χ1v) is 20.0. The van der Waals surface area contributed by atoms with Gasteiger partial charge >= 0.3 is 276 Å². The van der Waals surface area contributed by atoms with E-state index in [9.17, 15) is 0 Å². The second-order valence-electron chi connectivity index (χ2n) is 15.3. The van der Waals surface area contributed by atoms with E-state index in [0.717, 1.165) is 12.8 Å². The Morgan fingerprint density at radius 2 is 1.17 bits per heavy atom. The molecule has 0 amide bonds. The molecule has 0 radical (unpaired) electrons. The fraction of sp³-hybridized carbons (Fsp3) is 0.326. The first kappa shape index (κ1) is 36.5. The van der Waals surface area contributed by atoms with Crippen LogP contribution in [0.15, 0.2) is 88.2 Å². The molecule has 0 aromatic heterocycles. The van der Waals surface area contributed by atoms with Crippen molar-refractivity contribution in [1.82, 2.24) is 0 Å². The molecule has 0 nitrogen and oxygen atoms in total. The molecule has 0 fully saturated rings. The van der Waals surface area contributed by atoms with Crippen LogP contribution < -0.4 is 28.1 Å². The summed E-state index contributed by atoms with van der Waals surface area (Å²) in [5, 5.41) is 0. The van der Waals surface area contributed by atoms with Crippen LogP contribution in [0.2, 0.25) is 0 Å². The van der Waals surface area contributed by atoms with Gasteiger partial charge in [0.05, 0.1) is 0 Å². The quantitative estimate of drug-likeness (QED) is 0.257. The van der Waals surface area contributed by atoms with E-state index in [4.69, 9.17) is 0 Å². The number of hydrogen-bond donors (Lipinski definition) is 0. The second-order valence-corrected chi connectivity index (χ2v) is 21.1. The number of halogens is 2. The van der Waals surface area contributed by atoms with Crippen LogP contribution in [-0.4, -0.2) is 3.21 Å². The van der Waals surface area contributed by atoms with Crippen LogP contribution in [-0.2, 0) is 38.5 Å². The molecule has 46 heavy (non-hydrogen) atoms. The summed E-state index contributed by atoms with van der Waals surface area (Å²) in [6.45, 7) is 23.4. The summed E-state index contributed by atoms with van der Waals surface area (Å²) in [5.41, 5.74) is 17.6. The van der Waals surface area contributed by atoms with E-state index in [1.165, 1.54) is 61.2 Å². The largest absolute Gasteiger partial charge is 1.00 e. The number of benzene rings is 4. The van der Waals surface area contributed by atoms with Crippen LogP contribution in [0.5, 0.6) is 0 Å². The average molecular weight is 727 g/mol. The molecule has 2 aliphatic carbocycles. The number of hydrogen-bond acceptors (Lipinski definition) is 0. The van der Waals surface area contributed by atoms with Crippen molar-refractivity contribution >= 4 is 6.48 Å². The van der Waals surface area contributed by atoms with Crippen LogP contribution in [0.4, 0.5) is 0 Å². The van der Waals surface area contributed by atoms with Gasteiger partial charge in [-0.05, 0) is 0 Å². The maximum Gasteiger partial charge on any atom is -1.00 e. The van der Waals surface area contributed by atoms with Crippen molar-refractivity contribution in [2.75, 3.05) is 0 Å². The summed E-state index contributed by atoms with van der Waals surface area (Å²) in [5.74, 6) is 0. The van der Waals surface area contributed by atoms with E-state index in [-0.39, 0.29) is 35.6 Å². The minimum atomic E-state index is -2.76. The van der Waals surface area contributed by atoms with Crippen molar-refractivity contribution in [1.29, 1.82) is 0 Å². The normalized spacial score (nSPS) is 13.2. The van der Waals surface area contributed by atoms with Gasteiger partial charge in [-0.15, -0.1) is 0 Å². The Kier molecular flexibility index (Phi) is 10.9. The summed E-state index contributed by atoms with van der Waals surface area (Å²) in [7, 11) is 0. The van der Waals surface area contributed by atoms with Crippen LogP contribution >= 0.6 is 0 Å². The smallest absolute Gasteiger partial charge is 1.00 e. The molecule has 0 atom stereocenters. The van der Waals surface area contributed by atoms with E-state index < -0.39 is 21.3 Å². The minimum absolute atomic E-state index is 0. The summed E-state index contributed by atoms with van der Waals surface area (Å²) in [6.07, 6.45) is 9.29. The molecule has 4 aromatic rings. The molecule has 238 valence electrons. The van der Waals surface area contributed by atoms with Gasteiger partial charge in [0.2, 0.25) is 0 Å². The van der Waals surface area contributed by atoms with Gasteiger partial charge in [0.15, 0.2) is 0 Å².